The van der Waals surface area contributed by atoms with E-state index in [9.17, 15) is 5.11 Å². The van der Waals surface area contributed by atoms with E-state index in [-0.39, 0.29) is 11.8 Å². The van der Waals surface area contributed by atoms with Crippen LogP contribution < -0.4 is 0 Å². The standard InChI is InChI=1S/C22H23N5O2/c1-14-12-15(2)27(25-14)19-11-10-18(13-23-19)20-24-21(29-26-20)22(4,28)16(3)17-8-6-5-7-9-17/h5-13,16,28H,1-4H3. The molecule has 1 aromatic carbocycles. The number of hydrogen-bond donors (Lipinski definition) is 1. The van der Waals surface area contributed by atoms with Crippen LogP contribution >= 0.6 is 0 Å². The molecule has 0 bridgehead atoms. The van der Waals surface area contributed by atoms with Gasteiger partial charge in [-0.1, -0.05) is 42.4 Å². The second kappa shape index (κ2) is 7.25. The first kappa shape index (κ1) is 19.0. The maximum Gasteiger partial charge on any atom is 0.259 e. The quantitative estimate of drug-likeness (QED) is 0.556. The highest BCUT2D eigenvalue weighted by Crippen LogP contribution is 2.36. The minimum atomic E-state index is -1.30. The van der Waals surface area contributed by atoms with E-state index in [2.05, 4.69) is 20.2 Å². The van der Waals surface area contributed by atoms with Crippen molar-refractivity contribution in [1.82, 2.24) is 24.9 Å². The molecule has 3 heterocycles. The van der Waals surface area contributed by atoms with E-state index in [1.165, 1.54) is 0 Å². The smallest absolute Gasteiger partial charge is 0.259 e. The molecule has 0 aliphatic rings. The van der Waals surface area contributed by atoms with Crippen LogP contribution in [0.2, 0.25) is 0 Å². The molecule has 3 aromatic heterocycles. The van der Waals surface area contributed by atoms with E-state index in [0.717, 1.165) is 17.0 Å². The third-order valence-corrected chi connectivity index (χ3v) is 5.23. The molecule has 148 valence electrons. The number of nitrogens with zero attached hydrogens (tertiary/aromatic N) is 5. The fourth-order valence-corrected chi connectivity index (χ4v) is 3.30. The van der Waals surface area contributed by atoms with Crippen LogP contribution in [0.1, 0.15) is 42.6 Å². The summed E-state index contributed by atoms with van der Waals surface area (Å²) in [6.07, 6.45) is 1.68. The van der Waals surface area contributed by atoms with Crippen LogP contribution in [-0.2, 0) is 5.60 Å². The number of aliphatic hydroxyl groups is 1. The van der Waals surface area contributed by atoms with Crippen LogP contribution in [0.15, 0.2) is 59.3 Å². The molecule has 0 aliphatic heterocycles. The average molecular weight is 389 g/mol. The van der Waals surface area contributed by atoms with E-state index in [1.54, 1.807) is 17.8 Å². The Morgan fingerprint density at radius 1 is 1.10 bits per heavy atom. The predicted octanol–water partition coefficient (Wildman–Crippen LogP) is 3.95. The molecule has 0 fully saturated rings. The molecule has 2 atom stereocenters. The number of aromatic nitrogens is 5. The summed E-state index contributed by atoms with van der Waals surface area (Å²) in [7, 11) is 0. The van der Waals surface area contributed by atoms with Crippen molar-refractivity contribution in [2.24, 2.45) is 0 Å². The van der Waals surface area contributed by atoms with Crippen LogP contribution in [0, 0.1) is 13.8 Å². The molecule has 0 saturated heterocycles. The van der Waals surface area contributed by atoms with Gasteiger partial charge in [0, 0.05) is 23.4 Å². The summed E-state index contributed by atoms with van der Waals surface area (Å²) in [5, 5.41) is 19.6. The lowest BCUT2D eigenvalue weighted by Gasteiger charge is -2.26. The van der Waals surface area contributed by atoms with Crippen LogP contribution in [0.3, 0.4) is 0 Å². The van der Waals surface area contributed by atoms with E-state index >= 15 is 0 Å². The Hall–Kier alpha value is -3.32. The molecule has 7 nitrogen and oxygen atoms in total. The van der Waals surface area contributed by atoms with Crippen molar-refractivity contribution in [3.8, 4) is 17.2 Å². The Kier molecular flexibility index (Phi) is 4.76. The molecule has 29 heavy (non-hydrogen) atoms. The molecule has 0 radical (unpaired) electrons. The molecule has 7 heteroatoms. The number of rotatable bonds is 5. The molecular formula is C22H23N5O2. The van der Waals surface area contributed by atoms with Crippen LogP contribution in [0.4, 0.5) is 0 Å². The lowest BCUT2D eigenvalue weighted by atomic mass is 9.85. The van der Waals surface area contributed by atoms with Gasteiger partial charge >= 0.3 is 0 Å². The van der Waals surface area contributed by atoms with Crippen molar-refractivity contribution in [2.45, 2.75) is 39.2 Å². The maximum atomic E-state index is 11.1. The third-order valence-electron chi connectivity index (χ3n) is 5.23. The first-order valence-corrected chi connectivity index (χ1v) is 9.48. The monoisotopic (exact) mass is 389 g/mol. The van der Waals surface area contributed by atoms with Crippen molar-refractivity contribution in [1.29, 1.82) is 0 Å². The van der Waals surface area contributed by atoms with Gasteiger partial charge in [-0.05, 0) is 44.5 Å². The second-order valence-corrected chi connectivity index (χ2v) is 7.45. The molecule has 1 N–H and O–H groups in total. The predicted molar refractivity (Wildman–Crippen MR) is 109 cm³/mol. The summed E-state index contributed by atoms with van der Waals surface area (Å²) in [5.41, 5.74) is 2.34. The normalized spacial score (nSPS) is 14.5. The fraction of sp³-hybridized carbons (Fsp3) is 0.273. The Labute approximate surface area is 169 Å². The SMILES string of the molecule is Cc1cc(C)n(-c2ccc(-c3noc(C(C)(O)C(C)c4ccccc4)n3)cn2)n1. The summed E-state index contributed by atoms with van der Waals surface area (Å²) in [6.45, 7) is 7.55. The molecule has 4 aromatic rings. The zero-order chi connectivity index (χ0) is 20.6. The maximum absolute atomic E-state index is 11.1. The Balaban J connectivity index is 1.59. The van der Waals surface area contributed by atoms with Crippen LogP contribution in [0.5, 0.6) is 0 Å². The minimum absolute atomic E-state index is 0.173. The first-order chi connectivity index (χ1) is 13.9. The van der Waals surface area contributed by atoms with Gasteiger partial charge in [0.15, 0.2) is 5.82 Å². The highest BCUT2D eigenvalue weighted by atomic mass is 16.5. The Bertz CT molecular complexity index is 1110. The highest BCUT2D eigenvalue weighted by molar-refractivity contribution is 5.54. The minimum Gasteiger partial charge on any atom is -0.380 e. The van der Waals surface area contributed by atoms with Crippen molar-refractivity contribution in [2.75, 3.05) is 0 Å². The zero-order valence-electron chi connectivity index (χ0n) is 16.9. The number of hydrogen-bond acceptors (Lipinski definition) is 6. The summed E-state index contributed by atoms with van der Waals surface area (Å²) < 4.78 is 7.19. The fourth-order valence-electron chi connectivity index (χ4n) is 3.30. The Morgan fingerprint density at radius 2 is 1.86 bits per heavy atom. The van der Waals surface area contributed by atoms with Gasteiger partial charge in [0.2, 0.25) is 5.82 Å². The highest BCUT2D eigenvalue weighted by Gasteiger charge is 2.37. The van der Waals surface area contributed by atoms with E-state index in [0.29, 0.717) is 17.2 Å². The lowest BCUT2D eigenvalue weighted by molar-refractivity contribution is 0.000604. The topological polar surface area (TPSA) is 89.9 Å². The van der Waals surface area contributed by atoms with Crippen molar-refractivity contribution < 1.29 is 9.63 Å². The average Bonchev–Trinajstić information content (AvgIpc) is 3.35. The van der Waals surface area contributed by atoms with E-state index in [4.69, 9.17) is 4.52 Å². The summed E-state index contributed by atoms with van der Waals surface area (Å²) in [4.78, 5) is 8.90. The van der Waals surface area contributed by atoms with Gasteiger partial charge in [0.1, 0.15) is 5.60 Å². The third kappa shape index (κ3) is 3.56. The molecule has 4 rings (SSSR count). The van der Waals surface area contributed by atoms with Gasteiger partial charge in [-0.2, -0.15) is 10.1 Å². The Morgan fingerprint density at radius 3 is 2.48 bits per heavy atom. The molecule has 0 aliphatic carbocycles. The summed E-state index contributed by atoms with van der Waals surface area (Å²) in [6, 6.07) is 15.5. The summed E-state index contributed by atoms with van der Waals surface area (Å²) >= 11 is 0. The second-order valence-electron chi connectivity index (χ2n) is 7.45. The van der Waals surface area contributed by atoms with Crippen molar-refractivity contribution >= 4 is 0 Å². The molecule has 0 spiro atoms. The summed E-state index contributed by atoms with van der Waals surface area (Å²) in [5.74, 6) is 1.05. The molecule has 2 unspecified atom stereocenters. The first-order valence-electron chi connectivity index (χ1n) is 9.48. The number of benzene rings is 1. The number of aryl methyl sites for hydroxylation is 2. The van der Waals surface area contributed by atoms with Gasteiger partial charge in [-0.15, -0.1) is 0 Å². The molecule has 0 saturated carbocycles. The van der Waals surface area contributed by atoms with Crippen molar-refractivity contribution in [3.05, 3.63) is 77.6 Å². The van der Waals surface area contributed by atoms with Gasteiger partial charge in [0.25, 0.3) is 5.89 Å². The van der Waals surface area contributed by atoms with E-state index in [1.807, 2.05) is 69.3 Å². The van der Waals surface area contributed by atoms with Gasteiger partial charge in [-0.3, -0.25) is 0 Å². The van der Waals surface area contributed by atoms with Gasteiger partial charge in [-0.25, -0.2) is 9.67 Å². The zero-order valence-corrected chi connectivity index (χ0v) is 16.9. The van der Waals surface area contributed by atoms with E-state index < -0.39 is 5.60 Å². The van der Waals surface area contributed by atoms with Crippen molar-refractivity contribution in [3.63, 3.8) is 0 Å². The van der Waals surface area contributed by atoms with Gasteiger partial charge < -0.3 is 9.63 Å². The lowest BCUT2D eigenvalue weighted by Crippen LogP contribution is -2.28. The largest absolute Gasteiger partial charge is 0.380 e. The molecule has 0 amide bonds. The number of pyridine rings is 1. The van der Waals surface area contributed by atoms with Gasteiger partial charge in [0.05, 0.1) is 5.69 Å². The van der Waals surface area contributed by atoms with Crippen LogP contribution in [-0.4, -0.2) is 30.0 Å². The van der Waals surface area contributed by atoms with Crippen LogP contribution in [0.25, 0.3) is 17.2 Å². The molecular weight excluding hydrogens is 366 g/mol.